The summed E-state index contributed by atoms with van der Waals surface area (Å²) in [5, 5.41) is 9.67. The van der Waals surface area contributed by atoms with Gasteiger partial charge in [0.05, 0.1) is 10.8 Å². The highest BCUT2D eigenvalue weighted by molar-refractivity contribution is 7.99. The number of piperidine rings is 1. The first kappa shape index (κ1) is 19.3. The second-order valence-corrected chi connectivity index (χ2v) is 8.02. The second-order valence-electron chi connectivity index (χ2n) is 6.23. The van der Waals surface area contributed by atoms with Gasteiger partial charge in [-0.25, -0.2) is 4.68 Å². The van der Waals surface area contributed by atoms with Gasteiger partial charge in [0.2, 0.25) is 11.1 Å². The SMILES string of the molecule is CC[C@@H]1CCCCN1C(=O)CSc1nnc(-c2ccc(Cl)cc2Cl)n1N. The highest BCUT2D eigenvalue weighted by Crippen LogP contribution is 2.30. The topological polar surface area (TPSA) is 77.0 Å². The highest BCUT2D eigenvalue weighted by atomic mass is 35.5. The fourth-order valence-corrected chi connectivity index (χ4v) is 4.43. The smallest absolute Gasteiger partial charge is 0.233 e. The fraction of sp³-hybridized carbons (Fsp3) is 0.471. The van der Waals surface area contributed by atoms with Crippen LogP contribution in [0.1, 0.15) is 32.6 Å². The van der Waals surface area contributed by atoms with Crippen LogP contribution in [0.3, 0.4) is 0 Å². The van der Waals surface area contributed by atoms with Crippen molar-refractivity contribution in [1.29, 1.82) is 0 Å². The lowest BCUT2D eigenvalue weighted by Gasteiger charge is -2.35. The summed E-state index contributed by atoms with van der Waals surface area (Å²) in [6, 6.07) is 5.44. The molecule has 0 bridgehead atoms. The molecule has 0 spiro atoms. The minimum Gasteiger partial charge on any atom is -0.339 e. The van der Waals surface area contributed by atoms with E-state index in [9.17, 15) is 4.79 Å². The molecule has 0 saturated carbocycles. The maximum Gasteiger partial charge on any atom is 0.233 e. The van der Waals surface area contributed by atoms with Crippen molar-refractivity contribution in [3.05, 3.63) is 28.2 Å². The van der Waals surface area contributed by atoms with Crippen molar-refractivity contribution in [3.63, 3.8) is 0 Å². The van der Waals surface area contributed by atoms with Crippen molar-refractivity contribution in [3.8, 4) is 11.4 Å². The molecule has 1 fully saturated rings. The Balaban J connectivity index is 1.69. The summed E-state index contributed by atoms with van der Waals surface area (Å²) < 4.78 is 1.36. The summed E-state index contributed by atoms with van der Waals surface area (Å²) in [5.41, 5.74) is 0.645. The number of amides is 1. The Bertz CT molecular complexity index is 797. The quantitative estimate of drug-likeness (QED) is 0.594. The zero-order valence-corrected chi connectivity index (χ0v) is 16.8. The van der Waals surface area contributed by atoms with E-state index in [1.54, 1.807) is 18.2 Å². The summed E-state index contributed by atoms with van der Waals surface area (Å²) in [6.45, 7) is 2.96. The van der Waals surface area contributed by atoms with Gasteiger partial charge in [0.1, 0.15) is 0 Å². The number of aromatic nitrogens is 3. The van der Waals surface area contributed by atoms with Crippen molar-refractivity contribution in [1.82, 2.24) is 19.8 Å². The molecule has 1 aliphatic heterocycles. The highest BCUT2D eigenvalue weighted by Gasteiger charge is 2.26. The molecule has 1 atom stereocenters. The molecule has 2 heterocycles. The molecule has 9 heteroatoms. The first-order valence-corrected chi connectivity index (χ1v) is 10.3. The zero-order chi connectivity index (χ0) is 18.7. The summed E-state index contributed by atoms with van der Waals surface area (Å²) in [6.07, 6.45) is 4.33. The van der Waals surface area contributed by atoms with Crippen LogP contribution in [-0.4, -0.2) is 44.0 Å². The van der Waals surface area contributed by atoms with Gasteiger partial charge < -0.3 is 10.7 Å². The minimum atomic E-state index is 0.121. The number of benzene rings is 1. The third kappa shape index (κ3) is 4.10. The second kappa shape index (κ2) is 8.50. The molecule has 2 aromatic rings. The van der Waals surface area contributed by atoms with Crippen molar-refractivity contribution < 1.29 is 4.79 Å². The molecule has 1 saturated heterocycles. The van der Waals surface area contributed by atoms with Crippen LogP contribution in [-0.2, 0) is 4.79 Å². The largest absolute Gasteiger partial charge is 0.339 e. The predicted octanol–water partition coefficient (Wildman–Crippen LogP) is 3.85. The van der Waals surface area contributed by atoms with Crippen LogP contribution >= 0.6 is 35.0 Å². The third-order valence-corrected chi connectivity index (χ3v) is 6.06. The van der Waals surface area contributed by atoms with Crippen LogP contribution in [0.2, 0.25) is 10.0 Å². The Morgan fingerprint density at radius 2 is 2.15 bits per heavy atom. The molecule has 0 radical (unpaired) electrons. The maximum absolute atomic E-state index is 12.6. The molecule has 1 aromatic carbocycles. The number of thioether (sulfide) groups is 1. The number of carbonyl (C=O) groups excluding carboxylic acids is 1. The van der Waals surface area contributed by atoms with Gasteiger partial charge in [-0.2, -0.15) is 0 Å². The van der Waals surface area contributed by atoms with Gasteiger partial charge in [0.25, 0.3) is 0 Å². The van der Waals surface area contributed by atoms with Crippen LogP contribution in [0, 0.1) is 0 Å². The Kier molecular flexibility index (Phi) is 6.32. The van der Waals surface area contributed by atoms with Crippen molar-refractivity contribution in [2.45, 2.75) is 43.8 Å². The Hall–Kier alpha value is -1.44. The van der Waals surface area contributed by atoms with Gasteiger partial charge >= 0.3 is 0 Å². The lowest BCUT2D eigenvalue weighted by molar-refractivity contribution is -0.132. The Labute approximate surface area is 167 Å². The van der Waals surface area contributed by atoms with Gasteiger partial charge in [0, 0.05) is 23.2 Å². The van der Waals surface area contributed by atoms with Gasteiger partial charge in [-0.3, -0.25) is 4.79 Å². The van der Waals surface area contributed by atoms with E-state index in [4.69, 9.17) is 29.0 Å². The Morgan fingerprint density at radius 3 is 2.88 bits per heavy atom. The van der Waals surface area contributed by atoms with Crippen molar-refractivity contribution in [2.75, 3.05) is 18.1 Å². The van der Waals surface area contributed by atoms with E-state index in [1.807, 2.05) is 4.90 Å². The van der Waals surface area contributed by atoms with Crippen LogP contribution in [0.4, 0.5) is 0 Å². The molecule has 0 aliphatic carbocycles. The van der Waals surface area contributed by atoms with Crippen LogP contribution in [0.5, 0.6) is 0 Å². The lowest BCUT2D eigenvalue weighted by Crippen LogP contribution is -2.44. The van der Waals surface area contributed by atoms with Gasteiger partial charge in [-0.1, -0.05) is 41.9 Å². The standard InChI is InChI=1S/C17H21Cl2N5OS/c1-2-12-5-3-4-8-23(12)15(25)10-26-17-22-21-16(24(17)20)13-7-6-11(18)9-14(13)19/h6-7,9,12H,2-5,8,10,20H2,1H3/t12-/m1/s1. The normalized spacial score (nSPS) is 17.5. The maximum atomic E-state index is 12.6. The number of nitrogens with zero attached hydrogens (tertiary/aromatic N) is 4. The molecular weight excluding hydrogens is 393 g/mol. The minimum absolute atomic E-state index is 0.121. The van der Waals surface area contributed by atoms with E-state index >= 15 is 0 Å². The molecular formula is C17H21Cl2N5OS. The van der Waals surface area contributed by atoms with E-state index in [2.05, 4.69) is 17.1 Å². The zero-order valence-electron chi connectivity index (χ0n) is 14.5. The third-order valence-electron chi connectivity index (χ3n) is 4.58. The molecule has 1 aromatic heterocycles. The van der Waals surface area contributed by atoms with Crippen LogP contribution < -0.4 is 5.84 Å². The molecule has 0 unspecified atom stereocenters. The van der Waals surface area contributed by atoms with Crippen LogP contribution in [0.15, 0.2) is 23.4 Å². The molecule has 6 nitrogen and oxygen atoms in total. The molecule has 1 amide bonds. The molecule has 3 rings (SSSR count). The Morgan fingerprint density at radius 1 is 1.35 bits per heavy atom. The van der Waals surface area contributed by atoms with E-state index in [1.165, 1.54) is 22.9 Å². The predicted molar refractivity (Wildman–Crippen MR) is 106 cm³/mol. The summed E-state index contributed by atoms with van der Waals surface area (Å²) in [4.78, 5) is 14.6. The number of carbonyl (C=O) groups is 1. The number of nitrogens with two attached hydrogens (primary N) is 1. The summed E-state index contributed by atoms with van der Waals surface area (Å²) in [5.74, 6) is 6.96. The van der Waals surface area contributed by atoms with Gasteiger partial charge in [-0.15, -0.1) is 10.2 Å². The number of nitrogen functional groups attached to an aromatic ring is 1. The summed E-state index contributed by atoms with van der Waals surface area (Å²) in [7, 11) is 0. The first-order chi connectivity index (χ1) is 12.5. The van der Waals surface area contributed by atoms with E-state index in [-0.39, 0.29) is 5.91 Å². The number of hydrogen-bond acceptors (Lipinski definition) is 5. The van der Waals surface area contributed by atoms with Crippen LogP contribution in [0.25, 0.3) is 11.4 Å². The van der Waals surface area contributed by atoms with Crippen molar-refractivity contribution >= 4 is 40.9 Å². The molecule has 26 heavy (non-hydrogen) atoms. The molecule has 1 aliphatic rings. The van der Waals surface area contributed by atoms with Gasteiger partial charge in [-0.05, 0) is 43.9 Å². The lowest BCUT2D eigenvalue weighted by atomic mass is 10.0. The molecule has 140 valence electrons. The monoisotopic (exact) mass is 413 g/mol. The first-order valence-electron chi connectivity index (χ1n) is 8.59. The average Bonchev–Trinajstić information content (AvgIpc) is 3.00. The summed E-state index contributed by atoms with van der Waals surface area (Å²) >= 11 is 13.4. The van der Waals surface area contributed by atoms with E-state index in [0.29, 0.717) is 38.4 Å². The number of likely N-dealkylation sites (tertiary alicyclic amines) is 1. The number of rotatable bonds is 5. The van der Waals surface area contributed by atoms with Crippen molar-refractivity contribution in [2.24, 2.45) is 0 Å². The van der Waals surface area contributed by atoms with E-state index in [0.717, 1.165) is 25.8 Å². The number of halogens is 2. The average molecular weight is 414 g/mol. The number of hydrogen-bond donors (Lipinski definition) is 1. The fourth-order valence-electron chi connectivity index (χ4n) is 3.19. The molecule has 2 N–H and O–H groups in total. The van der Waals surface area contributed by atoms with Gasteiger partial charge in [0.15, 0.2) is 5.82 Å². The van der Waals surface area contributed by atoms with E-state index < -0.39 is 0 Å².